The second kappa shape index (κ2) is 13.3. The van der Waals surface area contributed by atoms with Crippen molar-refractivity contribution >= 4 is 11.4 Å². The number of ketones is 1. The maximum absolute atomic E-state index is 12.7. The molecule has 0 atom stereocenters. The predicted molar refractivity (Wildman–Crippen MR) is 145 cm³/mol. The molecule has 0 unspecified atom stereocenters. The third-order valence-electron chi connectivity index (χ3n) is 7.08. The third-order valence-corrected chi connectivity index (χ3v) is 7.08. The molecule has 0 amide bonds. The number of carbonyl (C=O) groups excluding carboxylic acids is 1. The van der Waals surface area contributed by atoms with Gasteiger partial charge in [0.25, 0.3) is 0 Å². The van der Waals surface area contributed by atoms with Gasteiger partial charge in [0, 0.05) is 38.0 Å². The highest BCUT2D eigenvalue weighted by molar-refractivity contribution is 6.01. The number of aryl methyl sites for hydroxylation is 1. The molecule has 1 aliphatic heterocycles. The molecule has 2 aromatic heterocycles. The van der Waals surface area contributed by atoms with Gasteiger partial charge >= 0.3 is 0 Å². The topological polar surface area (TPSA) is 78.2 Å². The second-order valence-electron chi connectivity index (χ2n) is 10.0. The Bertz CT molecular complexity index is 1250. The zero-order valence-electron chi connectivity index (χ0n) is 23.0. The van der Waals surface area contributed by atoms with Crippen LogP contribution in [0.25, 0.3) is 16.8 Å². The maximum Gasteiger partial charge on any atom is 0.245 e. The average molecular weight is 545 g/mol. The number of fused-ring (bicyclic) bond motifs is 2. The van der Waals surface area contributed by atoms with Crippen LogP contribution in [0.5, 0.6) is 11.5 Å². The number of carbonyl (C=O) groups is 1. The first-order chi connectivity index (χ1) is 18.8. The lowest BCUT2D eigenvalue weighted by Crippen LogP contribution is -2.38. The standard InChI is InChI=1S/C25H30N4O4.C4H8F2/c1-31-23-14-19(13-18-5-3-2-4-6-22(30)24(18)23)21-16-27-29-17-20(15-26-25(21)29)33-12-9-28-7-10-32-11-8-28;1-3-4(2,5)6/h13-17H,2-12H2,1H3;3H2,1-2H3. The van der Waals surface area contributed by atoms with Crippen LogP contribution in [0.3, 0.4) is 0 Å². The zero-order valence-corrected chi connectivity index (χ0v) is 23.0. The Morgan fingerprint density at radius 3 is 2.56 bits per heavy atom. The molecule has 1 saturated heterocycles. The molecule has 8 nitrogen and oxygen atoms in total. The number of alkyl halides is 2. The lowest BCUT2D eigenvalue weighted by Gasteiger charge is -2.26. The van der Waals surface area contributed by atoms with Crippen molar-refractivity contribution < 1.29 is 27.8 Å². The van der Waals surface area contributed by atoms with Crippen LogP contribution in [0.4, 0.5) is 8.78 Å². The molecule has 0 spiro atoms. The number of Topliss-reactive ketones (excluding diaryl/α,β-unsaturated/α-hetero) is 1. The Hall–Kier alpha value is -3.11. The van der Waals surface area contributed by atoms with E-state index < -0.39 is 5.92 Å². The van der Waals surface area contributed by atoms with Gasteiger partial charge in [-0.2, -0.15) is 5.10 Å². The Morgan fingerprint density at radius 2 is 1.85 bits per heavy atom. The molecular formula is C29H38F2N4O4. The van der Waals surface area contributed by atoms with Crippen LogP contribution in [0.15, 0.2) is 30.7 Å². The van der Waals surface area contributed by atoms with Crippen molar-refractivity contribution in [2.45, 2.75) is 58.3 Å². The van der Waals surface area contributed by atoms with E-state index in [1.165, 1.54) is 6.92 Å². The van der Waals surface area contributed by atoms with Gasteiger partial charge < -0.3 is 14.2 Å². The fraction of sp³-hybridized carbons (Fsp3) is 0.552. The highest BCUT2D eigenvalue weighted by Crippen LogP contribution is 2.35. The normalized spacial score (nSPS) is 16.6. The summed E-state index contributed by atoms with van der Waals surface area (Å²) in [5, 5.41) is 4.51. The van der Waals surface area contributed by atoms with Gasteiger partial charge in [0.05, 0.1) is 44.5 Å². The van der Waals surface area contributed by atoms with Gasteiger partial charge in [-0.1, -0.05) is 13.3 Å². The van der Waals surface area contributed by atoms with Gasteiger partial charge in [-0.25, -0.2) is 18.3 Å². The number of ether oxygens (including phenoxy) is 3. The molecule has 39 heavy (non-hydrogen) atoms. The maximum atomic E-state index is 12.7. The van der Waals surface area contributed by atoms with Crippen LogP contribution in [0, 0.1) is 0 Å². The SMILES string of the molecule is CCC(C)(F)F.COc1cc(-c2cnn3cc(OCCN4CCOCC4)cnc23)cc2c1C(=O)CCCCC2. The fourth-order valence-electron chi connectivity index (χ4n) is 4.66. The molecule has 3 heterocycles. The van der Waals surface area contributed by atoms with Gasteiger partial charge in [0.1, 0.15) is 12.4 Å². The van der Waals surface area contributed by atoms with Crippen molar-refractivity contribution in [3.63, 3.8) is 0 Å². The smallest absolute Gasteiger partial charge is 0.245 e. The first-order valence-electron chi connectivity index (χ1n) is 13.7. The van der Waals surface area contributed by atoms with Crippen molar-refractivity contribution in [2.75, 3.05) is 46.6 Å². The van der Waals surface area contributed by atoms with Crippen molar-refractivity contribution in [3.05, 3.63) is 41.9 Å². The van der Waals surface area contributed by atoms with E-state index in [2.05, 4.69) is 21.0 Å². The molecule has 0 bridgehead atoms. The molecule has 212 valence electrons. The van der Waals surface area contributed by atoms with Crippen LogP contribution in [0.2, 0.25) is 0 Å². The fourth-order valence-corrected chi connectivity index (χ4v) is 4.66. The van der Waals surface area contributed by atoms with Crippen LogP contribution < -0.4 is 9.47 Å². The first kappa shape index (κ1) is 28.9. The number of nitrogens with zero attached hydrogens (tertiary/aromatic N) is 4. The van der Waals surface area contributed by atoms with Gasteiger partial charge in [-0.3, -0.25) is 9.69 Å². The quantitative estimate of drug-likeness (QED) is 0.391. The number of aromatic nitrogens is 3. The lowest BCUT2D eigenvalue weighted by atomic mass is 9.89. The van der Waals surface area contributed by atoms with Gasteiger partial charge in [0.2, 0.25) is 5.92 Å². The molecule has 1 fully saturated rings. The summed E-state index contributed by atoms with van der Waals surface area (Å²) in [6.07, 6.45) is 9.90. The van der Waals surface area contributed by atoms with Crippen molar-refractivity contribution in [2.24, 2.45) is 0 Å². The minimum Gasteiger partial charge on any atom is -0.496 e. The monoisotopic (exact) mass is 544 g/mol. The van der Waals surface area contributed by atoms with Crippen molar-refractivity contribution in [1.29, 1.82) is 0 Å². The second-order valence-corrected chi connectivity index (χ2v) is 10.0. The van der Waals surface area contributed by atoms with Crippen LogP contribution >= 0.6 is 0 Å². The largest absolute Gasteiger partial charge is 0.496 e. The summed E-state index contributed by atoms with van der Waals surface area (Å²) in [4.78, 5) is 19.7. The van der Waals surface area contributed by atoms with E-state index in [0.717, 1.165) is 93.4 Å². The number of benzene rings is 1. The number of rotatable bonds is 7. The summed E-state index contributed by atoms with van der Waals surface area (Å²) >= 11 is 0. The number of hydrogen-bond acceptors (Lipinski definition) is 7. The summed E-state index contributed by atoms with van der Waals surface area (Å²) in [6.45, 7) is 7.28. The summed E-state index contributed by atoms with van der Waals surface area (Å²) in [5.74, 6) is -0.964. The van der Waals surface area contributed by atoms with Crippen molar-refractivity contribution in [1.82, 2.24) is 19.5 Å². The predicted octanol–water partition coefficient (Wildman–Crippen LogP) is 5.47. The van der Waals surface area contributed by atoms with Crippen LogP contribution in [-0.4, -0.2) is 77.8 Å². The highest BCUT2D eigenvalue weighted by atomic mass is 19.3. The zero-order chi connectivity index (χ0) is 27.8. The van der Waals surface area contributed by atoms with E-state index in [-0.39, 0.29) is 12.2 Å². The first-order valence-corrected chi connectivity index (χ1v) is 13.7. The highest BCUT2D eigenvalue weighted by Gasteiger charge is 2.22. The Balaban J connectivity index is 0.000000531. The molecule has 3 aromatic rings. The summed E-state index contributed by atoms with van der Waals surface area (Å²) < 4.78 is 41.6. The molecule has 5 rings (SSSR count). The van der Waals surface area contributed by atoms with E-state index in [4.69, 9.17) is 14.2 Å². The Labute approximate surface area is 228 Å². The average Bonchev–Trinajstić information content (AvgIpc) is 3.35. The minimum absolute atomic E-state index is 0.0625. The van der Waals surface area contributed by atoms with E-state index >= 15 is 0 Å². The number of methoxy groups -OCH3 is 1. The van der Waals surface area contributed by atoms with E-state index in [1.54, 1.807) is 17.8 Å². The van der Waals surface area contributed by atoms with E-state index in [1.807, 2.05) is 18.5 Å². The molecule has 0 radical (unpaired) electrons. The number of halogens is 2. The van der Waals surface area contributed by atoms with E-state index in [9.17, 15) is 13.6 Å². The van der Waals surface area contributed by atoms with E-state index in [0.29, 0.717) is 24.5 Å². The Kier molecular flexibility index (Phi) is 9.85. The number of hydrogen-bond donors (Lipinski definition) is 0. The summed E-state index contributed by atoms with van der Waals surface area (Å²) in [6, 6.07) is 4.04. The van der Waals surface area contributed by atoms with Gasteiger partial charge in [-0.15, -0.1) is 0 Å². The van der Waals surface area contributed by atoms with Crippen molar-refractivity contribution in [3.8, 4) is 22.6 Å². The molecule has 1 aliphatic carbocycles. The summed E-state index contributed by atoms with van der Waals surface area (Å²) in [7, 11) is 1.63. The summed E-state index contributed by atoms with van der Waals surface area (Å²) in [5.41, 5.74) is 4.40. The third kappa shape index (κ3) is 7.73. The molecule has 0 saturated carbocycles. The van der Waals surface area contributed by atoms with Crippen LogP contribution in [-0.2, 0) is 11.2 Å². The number of morpholine rings is 1. The molecule has 0 N–H and O–H groups in total. The molecule has 10 heteroatoms. The van der Waals surface area contributed by atoms with Gasteiger partial charge in [-0.05, 0) is 49.4 Å². The molecule has 2 aliphatic rings. The minimum atomic E-state index is -2.46. The lowest BCUT2D eigenvalue weighted by molar-refractivity contribution is 0.0181. The molecule has 1 aromatic carbocycles. The van der Waals surface area contributed by atoms with Gasteiger partial charge in [0.15, 0.2) is 17.2 Å². The Morgan fingerprint density at radius 1 is 1.10 bits per heavy atom. The van der Waals surface area contributed by atoms with Crippen LogP contribution in [0.1, 0.15) is 61.9 Å². The molecular weight excluding hydrogens is 506 g/mol.